The summed E-state index contributed by atoms with van der Waals surface area (Å²) in [4.78, 5) is 12.6. The highest BCUT2D eigenvalue weighted by molar-refractivity contribution is 5.30. The maximum absolute atomic E-state index is 5.72. The van der Waals surface area contributed by atoms with Crippen molar-refractivity contribution < 1.29 is 4.74 Å². The van der Waals surface area contributed by atoms with Crippen molar-refractivity contribution in [1.82, 2.24) is 15.0 Å². The summed E-state index contributed by atoms with van der Waals surface area (Å²) in [6, 6.07) is 5.59. The molecule has 0 aliphatic heterocycles. The van der Waals surface area contributed by atoms with E-state index in [9.17, 15) is 0 Å². The normalized spacial score (nSPS) is 10.4. The number of hydrogen-bond donors (Lipinski definition) is 1. The summed E-state index contributed by atoms with van der Waals surface area (Å²) in [7, 11) is 1.63. The van der Waals surface area contributed by atoms with Gasteiger partial charge in [-0.2, -0.15) is 0 Å². The van der Waals surface area contributed by atoms with Crippen LogP contribution in [0.4, 0.5) is 5.82 Å². The highest BCUT2D eigenvalue weighted by atomic mass is 16.5. The van der Waals surface area contributed by atoms with Crippen LogP contribution < -0.4 is 5.73 Å². The maximum Gasteiger partial charge on any atom is 0.135 e. The van der Waals surface area contributed by atoms with Crippen molar-refractivity contribution >= 4 is 5.82 Å². The number of nitrogen functional groups attached to an aromatic ring is 1. The van der Waals surface area contributed by atoms with E-state index >= 15 is 0 Å². The molecular formula is C12H14N4O. The van der Waals surface area contributed by atoms with E-state index in [0.717, 1.165) is 11.3 Å². The number of methoxy groups -OCH3 is 1. The quantitative estimate of drug-likeness (QED) is 0.854. The zero-order valence-electron chi connectivity index (χ0n) is 9.63. The van der Waals surface area contributed by atoms with E-state index in [1.54, 1.807) is 25.6 Å². The van der Waals surface area contributed by atoms with Crippen LogP contribution >= 0.6 is 0 Å². The number of anilines is 1. The Bertz CT molecular complexity index is 487. The number of nitrogens with zero attached hydrogens (tertiary/aromatic N) is 3. The SMILES string of the molecule is COCc1cc(N)nc(Cc2ccncc2)n1. The van der Waals surface area contributed by atoms with Crippen molar-refractivity contribution in [1.29, 1.82) is 0 Å². The number of rotatable bonds is 4. The van der Waals surface area contributed by atoms with Gasteiger partial charge in [0.1, 0.15) is 11.6 Å². The van der Waals surface area contributed by atoms with Crippen molar-refractivity contribution in [2.45, 2.75) is 13.0 Å². The van der Waals surface area contributed by atoms with Crippen LogP contribution in [0.2, 0.25) is 0 Å². The van der Waals surface area contributed by atoms with Crippen LogP contribution in [0.15, 0.2) is 30.6 Å². The molecule has 0 bridgehead atoms. The number of nitrogens with two attached hydrogens (primary N) is 1. The molecule has 2 aromatic heterocycles. The van der Waals surface area contributed by atoms with Gasteiger partial charge in [-0.05, 0) is 17.7 Å². The van der Waals surface area contributed by atoms with Gasteiger partial charge in [-0.1, -0.05) is 0 Å². The average molecular weight is 230 g/mol. The predicted molar refractivity (Wildman–Crippen MR) is 64.2 cm³/mol. The molecule has 0 atom stereocenters. The van der Waals surface area contributed by atoms with Gasteiger partial charge in [0.25, 0.3) is 0 Å². The van der Waals surface area contributed by atoms with Crippen molar-refractivity contribution in [2.24, 2.45) is 0 Å². The zero-order valence-corrected chi connectivity index (χ0v) is 9.63. The Hall–Kier alpha value is -2.01. The smallest absolute Gasteiger partial charge is 0.135 e. The molecule has 0 aromatic carbocycles. The van der Waals surface area contributed by atoms with Crippen molar-refractivity contribution in [3.05, 3.63) is 47.7 Å². The Labute approximate surface area is 99.7 Å². The van der Waals surface area contributed by atoms with E-state index in [-0.39, 0.29) is 0 Å². The molecule has 0 spiro atoms. The molecule has 2 aromatic rings. The van der Waals surface area contributed by atoms with E-state index in [2.05, 4.69) is 15.0 Å². The first kappa shape index (κ1) is 11.5. The third-order valence-corrected chi connectivity index (χ3v) is 2.25. The fourth-order valence-electron chi connectivity index (χ4n) is 1.56. The summed E-state index contributed by atoms with van der Waals surface area (Å²) in [5.41, 5.74) is 7.63. The molecule has 0 saturated carbocycles. The molecule has 0 aliphatic rings. The first-order chi connectivity index (χ1) is 8.28. The lowest BCUT2D eigenvalue weighted by molar-refractivity contribution is 0.181. The van der Waals surface area contributed by atoms with Gasteiger partial charge < -0.3 is 10.5 Å². The van der Waals surface area contributed by atoms with Crippen LogP contribution in [0.5, 0.6) is 0 Å². The Kier molecular flexibility index (Phi) is 3.62. The molecule has 17 heavy (non-hydrogen) atoms. The van der Waals surface area contributed by atoms with Gasteiger partial charge in [0.2, 0.25) is 0 Å². The molecule has 0 amide bonds. The monoisotopic (exact) mass is 230 g/mol. The lowest BCUT2D eigenvalue weighted by Crippen LogP contribution is -2.04. The topological polar surface area (TPSA) is 73.9 Å². The Balaban J connectivity index is 2.21. The van der Waals surface area contributed by atoms with E-state index in [4.69, 9.17) is 10.5 Å². The van der Waals surface area contributed by atoms with E-state index < -0.39 is 0 Å². The van der Waals surface area contributed by atoms with Gasteiger partial charge in [0, 0.05) is 32.0 Å². The second kappa shape index (κ2) is 5.36. The molecule has 0 unspecified atom stereocenters. The van der Waals surface area contributed by atoms with Crippen LogP contribution in [-0.4, -0.2) is 22.1 Å². The Morgan fingerprint density at radius 3 is 2.71 bits per heavy atom. The number of pyridine rings is 1. The number of hydrogen-bond acceptors (Lipinski definition) is 5. The zero-order chi connectivity index (χ0) is 12.1. The van der Waals surface area contributed by atoms with Gasteiger partial charge >= 0.3 is 0 Å². The summed E-state index contributed by atoms with van der Waals surface area (Å²) in [5, 5.41) is 0. The molecule has 88 valence electrons. The fraction of sp³-hybridized carbons (Fsp3) is 0.250. The van der Waals surface area contributed by atoms with E-state index in [1.165, 1.54) is 0 Å². The van der Waals surface area contributed by atoms with Crippen LogP contribution in [0.25, 0.3) is 0 Å². The summed E-state index contributed by atoms with van der Waals surface area (Å²) < 4.78 is 5.03. The Morgan fingerprint density at radius 1 is 1.24 bits per heavy atom. The fourth-order valence-corrected chi connectivity index (χ4v) is 1.56. The molecule has 5 nitrogen and oxygen atoms in total. The third kappa shape index (κ3) is 3.22. The molecule has 0 saturated heterocycles. The highest BCUT2D eigenvalue weighted by Crippen LogP contribution is 2.08. The number of aromatic nitrogens is 3. The van der Waals surface area contributed by atoms with Crippen LogP contribution in [0, 0.1) is 0 Å². The molecule has 2 heterocycles. The second-order valence-electron chi connectivity index (χ2n) is 3.67. The standard InChI is InChI=1S/C12H14N4O/c1-17-8-10-7-11(13)16-12(15-10)6-9-2-4-14-5-3-9/h2-5,7H,6,8H2,1H3,(H2,13,15,16). The van der Waals surface area contributed by atoms with E-state index in [0.29, 0.717) is 24.7 Å². The number of ether oxygens (including phenoxy) is 1. The lowest BCUT2D eigenvalue weighted by atomic mass is 10.2. The molecule has 0 radical (unpaired) electrons. The third-order valence-electron chi connectivity index (χ3n) is 2.25. The van der Waals surface area contributed by atoms with Crippen LogP contribution in [-0.2, 0) is 17.8 Å². The van der Waals surface area contributed by atoms with Gasteiger partial charge in [0.15, 0.2) is 0 Å². The largest absolute Gasteiger partial charge is 0.384 e. The van der Waals surface area contributed by atoms with Crippen molar-refractivity contribution in [2.75, 3.05) is 12.8 Å². The molecule has 5 heteroatoms. The minimum Gasteiger partial charge on any atom is -0.384 e. The summed E-state index contributed by atoms with van der Waals surface area (Å²) in [5.74, 6) is 1.17. The molecular weight excluding hydrogens is 216 g/mol. The summed E-state index contributed by atoms with van der Waals surface area (Å²) in [6.45, 7) is 0.441. The lowest BCUT2D eigenvalue weighted by Gasteiger charge is -2.05. The van der Waals surface area contributed by atoms with Crippen LogP contribution in [0.1, 0.15) is 17.1 Å². The van der Waals surface area contributed by atoms with Crippen molar-refractivity contribution in [3.8, 4) is 0 Å². The van der Waals surface area contributed by atoms with Gasteiger partial charge in [-0.15, -0.1) is 0 Å². The van der Waals surface area contributed by atoms with Gasteiger partial charge in [0.05, 0.1) is 12.3 Å². The Morgan fingerprint density at radius 2 is 2.00 bits per heavy atom. The second-order valence-corrected chi connectivity index (χ2v) is 3.67. The maximum atomic E-state index is 5.72. The average Bonchev–Trinajstić information content (AvgIpc) is 2.30. The molecule has 2 N–H and O–H groups in total. The van der Waals surface area contributed by atoms with Gasteiger partial charge in [-0.25, -0.2) is 9.97 Å². The molecule has 0 aliphatic carbocycles. The summed E-state index contributed by atoms with van der Waals surface area (Å²) >= 11 is 0. The van der Waals surface area contributed by atoms with Crippen LogP contribution in [0.3, 0.4) is 0 Å². The van der Waals surface area contributed by atoms with Crippen molar-refractivity contribution in [3.63, 3.8) is 0 Å². The first-order valence-corrected chi connectivity index (χ1v) is 5.28. The summed E-state index contributed by atoms with van der Waals surface area (Å²) in [6.07, 6.45) is 4.14. The minimum atomic E-state index is 0.441. The van der Waals surface area contributed by atoms with E-state index in [1.807, 2.05) is 12.1 Å². The predicted octanol–water partition coefficient (Wildman–Crippen LogP) is 1.19. The molecule has 0 fully saturated rings. The first-order valence-electron chi connectivity index (χ1n) is 5.28. The van der Waals surface area contributed by atoms with Gasteiger partial charge in [-0.3, -0.25) is 4.98 Å². The highest BCUT2D eigenvalue weighted by Gasteiger charge is 2.03. The molecule has 2 rings (SSSR count). The minimum absolute atomic E-state index is 0.441.